The van der Waals surface area contributed by atoms with E-state index in [2.05, 4.69) is 19.4 Å². The highest BCUT2D eigenvalue weighted by Gasteiger charge is 1.77. The van der Waals surface area contributed by atoms with Gasteiger partial charge in [0.15, 0.2) is 0 Å². The Morgan fingerprint density at radius 3 is 2.33 bits per heavy atom. The van der Waals surface area contributed by atoms with E-state index >= 15 is 0 Å². The fourth-order valence-corrected chi connectivity index (χ4v) is 0.539. The molecule has 0 radical (unpaired) electrons. The molecule has 0 fully saturated rings. The molecule has 0 aromatic heterocycles. The van der Waals surface area contributed by atoms with Crippen LogP contribution in [0.4, 0.5) is 0 Å². The van der Waals surface area contributed by atoms with Crippen molar-refractivity contribution in [2.45, 2.75) is 32.6 Å². The Kier molecular flexibility index (Phi) is 19.9. The zero-order chi connectivity index (χ0) is 7.54. The maximum atomic E-state index is 6.50. The van der Waals surface area contributed by atoms with Crippen molar-refractivity contribution in [3.63, 3.8) is 0 Å². The molecule has 0 heterocycles. The summed E-state index contributed by atoms with van der Waals surface area (Å²) in [7, 11) is 0. The van der Waals surface area contributed by atoms with Crippen LogP contribution < -0.4 is 5.90 Å². The molecule has 0 amide bonds. The van der Waals surface area contributed by atoms with Gasteiger partial charge in [-0.25, -0.2) is 5.90 Å². The summed E-state index contributed by atoms with van der Waals surface area (Å²) in [4.78, 5) is 0. The molecule has 0 saturated heterocycles. The molecule has 0 atom stereocenters. The van der Waals surface area contributed by atoms with Crippen LogP contribution in [0, 0.1) is 0 Å². The number of hydrogen-bond donors (Lipinski definition) is 2. The summed E-state index contributed by atoms with van der Waals surface area (Å²) in [6.07, 6.45) is 7.16. The Morgan fingerprint density at radius 1 is 1.44 bits per heavy atom. The van der Waals surface area contributed by atoms with Crippen LogP contribution in [-0.4, -0.2) is 5.21 Å². The Hall–Kier alpha value is -0.340. The zero-order valence-corrected chi connectivity index (χ0v) is 6.14. The molecular formula is C7H17NO. The Morgan fingerprint density at radius 2 is 2.00 bits per heavy atom. The maximum absolute atomic E-state index is 6.50. The van der Waals surface area contributed by atoms with Gasteiger partial charge in [0.1, 0.15) is 0 Å². The molecule has 0 aliphatic carbocycles. The summed E-state index contributed by atoms with van der Waals surface area (Å²) in [6, 6.07) is 0. The van der Waals surface area contributed by atoms with Crippen molar-refractivity contribution in [1.29, 1.82) is 0 Å². The average molecular weight is 131 g/mol. The van der Waals surface area contributed by atoms with Crippen LogP contribution in [0.2, 0.25) is 0 Å². The average Bonchev–Trinajstić information content (AvgIpc) is 1.94. The second-order valence-corrected chi connectivity index (χ2v) is 1.78. The molecule has 2 nitrogen and oxygen atoms in total. The highest BCUT2D eigenvalue weighted by atomic mass is 16.4. The Balaban J connectivity index is 0. The van der Waals surface area contributed by atoms with Crippen molar-refractivity contribution in [3.8, 4) is 0 Å². The zero-order valence-electron chi connectivity index (χ0n) is 6.14. The van der Waals surface area contributed by atoms with E-state index < -0.39 is 0 Å². The molecule has 0 spiro atoms. The van der Waals surface area contributed by atoms with Crippen molar-refractivity contribution < 1.29 is 5.21 Å². The summed E-state index contributed by atoms with van der Waals surface area (Å²) in [5.74, 6) is 3.50. The van der Waals surface area contributed by atoms with Gasteiger partial charge in [-0.3, -0.25) is 0 Å². The summed E-state index contributed by atoms with van der Waals surface area (Å²) in [5, 5.41) is 6.50. The maximum Gasteiger partial charge on any atom is -0.0353 e. The summed E-state index contributed by atoms with van der Waals surface area (Å²) < 4.78 is 0. The number of allylic oxidation sites excluding steroid dienone is 1. The van der Waals surface area contributed by atoms with Gasteiger partial charge in [-0.2, -0.15) is 0 Å². The third kappa shape index (κ3) is 18.3. The van der Waals surface area contributed by atoms with Crippen LogP contribution in [0.5, 0.6) is 0 Å². The molecule has 2 heteroatoms. The van der Waals surface area contributed by atoms with E-state index in [9.17, 15) is 0 Å². The molecule has 0 aromatic carbocycles. The van der Waals surface area contributed by atoms with Crippen LogP contribution in [-0.2, 0) is 0 Å². The third-order valence-corrected chi connectivity index (χ3v) is 1.01. The van der Waals surface area contributed by atoms with Crippen molar-refractivity contribution in [3.05, 3.63) is 12.7 Å². The molecule has 56 valence electrons. The van der Waals surface area contributed by atoms with E-state index in [1.807, 2.05) is 6.08 Å². The first-order valence-electron chi connectivity index (χ1n) is 3.28. The Bertz CT molecular complexity index is 46.2. The lowest BCUT2D eigenvalue weighted by Gasteiger charge is -1.87. The fraction of sp³-hybridized carbons (Fsp3) is 0.714. The molecule has 0 bridgehead atoms. The van der Waals surface area contributed by atoms with Gasteiger partial charge >= 0.3 is 0 Å². The lowest BCUT2D eigenvalue weighted by atomic mass is 10.2. The minimum Gasteiger partial charge on any atom is -0.320 e. The molecule has 0 aliphatic heterocycles. The van der Waals surface area contributed by atoms with Gasteiger partial charge in [-0.05, 0) is 12.8 Å². The Labute approximate surface area is 57.3 Å². The van der Waals surface area contributed by atoms with Crippen molar-refractivity contribution >= 4 is 0 Å². The minimum absolute atomic E-state index is 1.19. The van der Waals surface area contributed by atoms with Gasteiger partial charge in [0, 0.05) is 0 Å². The van der Waals surface area contributed by atoms with E-state index in [1.54, 1.807) is 0 Å². The monoisotopic (exact) mass is 131 g/mol. The SMILES string of the molecule is C=CCCCCC.NO. The number of hydrogen-bond acceptors (Lipinski definition) is 2. The second kappa shape index (κ2) is 15.6. The highest BCUT2D eigenvalue weighted by molar-refractivity contribution is 4.64. The first-order valence-corrected chi connectivity index (χ1v) is 3.28. The van der Waals surface area contributed by atoms with E-state index in [1.165, 1.54) is 25.7 Å². The van der Waals surface area contributed by atoms with E-state index in [0.29, 0.717) is 0 Å². The molecule has 3 N–H and O–H groups in total. The third-order valence-electron chi connectivity index (χ3n) is 1.01. The first kappa shape index (κ1) is 11.5. The van der Waals surface area contributed by atoms with Gasteiger partial charge in [-0.1, -0.05) is 25.8 Å². The number of unbranched alkanes of at least 4 members (excludes halogenated alkanes) is 3. The molecule has 9 heavy (non-hydrogen) atoms. The van der Waals surface area contributed by atoms with Crippen molar-refractivity contribution in [2.24, 2.45) is 5.90 Å². The van der Waals surface area contributed by atoms with Gasteiger partial charge in [0.05, 0.1) is 0 Å². The number of rotatable bonds is 4. The van der Waals surface area contributed by atoms with Crippen LogP contribution in [0.1, 0.15) is 32.6 Å². The van der Waals surface area contributed by atoms with Gasteiger partial charge in [0.2, 0.25) is 0 Å². The van der Waals surface area contributed by atoms with Crippen LogP contribution in [0.15, 0.2) is 12.7 Å². The van der Waals surface area contributed by atoms with E-state index in [-0.39, 0.29) is 0 Å². The van der Waals surface area contributed by atoms with Crippen LogP contribution >= 0.6 is 0 Å². The predicted molar refractivity (Wildman–Crippen MR) is 40.3 cm³/mol. The van der Waals surface area contributed by atoms with E-state index in [0.717, 1.165) is 0 Å². The summed E-state index contributed by atoms with van der Waals surface area (Å²) in [5.41, 5.74) is 0. The smallest absolute Gasteiger partial charge is 0.0353 e. The molecule has 0 rings (SSSR count). The normalized spacial score (nSPS) is 7.44. The second-order valence-electron chi connectivity index (χ2n) is 1.78. The molecule has 0 aromatic rings. The van der Waals surface area contributed by atoms with Gasteiger partial charge < -0.3 is 5.21 Å². The standard InChI is InChI=1S/C7H14.H3NO/c1-3-5-7-6-4-2;1-2/h3H,1,4-7H2,2H3;2H,1H2. The fourth-order valence-electron chi connectivity index (χ4n) is 0.539. The van der Waals surface area contributed by atoms with Gasteiger partial charge in [0.25, 0.3) is 0 Å². The topological polar surface area (TPSA) is 46.2 Å². The van der Waals surface area contributed by atoms with Crippen molar-refractivity contribution in [1.82, 2.24) is 0 Å². The first-order chi connectivity index (χ1) is 4.41. The highest BCUT2D eigenvalue weighted by Crippen LogP contribution is 1.97. The largest absolute Gasteiger partial charge is 0.320 e. The number of nitrogens with two attached hydrogens (primary N) is 1. The lowest BCUT2D eigenvalue weighted by molar-refractivity contribution is 0.311. The lowest BCUT2D eigenvalue weighted by Crippen LogP contribution is -1.72. The minimum atomic E-state index is 1.19. The van der Waals surface area contributed by atoms with Crippen LogP contribution in [0.3, 0.4) is 0 Å². The summed E-state index contributed by atoms with van der Waals surface area (Å²) >= 11 is 0. The van der Waals surface area contributed by atoms with Crippen LogP contribution in [0.25, 0.3) is 0 Å². The molecular weight excluding hydrogens is 114 g/mol. The molecule has 0 unspecified atom stereocenters. The van der Waals surface area contributed by atoms with E-state index in [4.69, 9.17) is 5.21 Å². The van der Waals surface area contributed by atoms with Gasteiger partial charge in [-0.15, -0.1) is 6.58 Å². The molecule has 0 aliphatic rings. The quantitative estimate of drug-likeness (QED) is 0.348. The summed E-state index contributed by atoms with van der Waals surface area (Å²) in [6.45, 7) is 5.84. The molecule has 0 saturated carbocycles. The predicted octanol–water partition coefficient (Wildman–Crippen LogP) is 2.09. The van der Waals surface area contributed by atoms with Crippen molar-refractivity contribution in [2.75, 3.05) is 0 Å².